The van der Waals surface area contributed by atoms with Crippen LogP contribution in [0, 0.1) is 12.3 Å². The van der Waals surface area contributed by atoms with E-state index in [1.165, 1.54) is 11.2 Å². The van der Waals surface area contributed by atoms with Crippen molar-refractivity contribution in [2.75, 3.05) is 23.0 Å². The van der Waals surface area contributed by atoms with Crippen LogP contribution in [0.3, 0.4) is 0 Å². The second-order valence-electron chi connectivity index (χ2n) is 8.63. The summed E-state index contributed by atoms with van der Waals surface area (Å²) in [5.41, 5.74) is 11.8. The quantitative estimate of drug-likeness (QED) is 0.0886. The average Bonchev–Trinajstić information content (AvgIpc) is 3.48. The summed E-state index contributed by atoms with van der Waals surface area (Å²) in [5.74, 6) is 4.05. The number of nitrogens with zero attached hydrogens (tertiary/aromatic N) is 2. The van der Waals surface area contributed by atoms with Gasteiger partial charge in [-0.05, 0) is 6.07 Å². The maximum atomic E-state index is 6.27. The van der Waals surface area contributed by atoms with Gasteiger partial charge in [-0.2, -0.15) is 0 Å². The van der Waals surface area contributed by atoms with Gasteiger partial charge in [0.25, 0.3) is 0 Å². The number of nitrogens with one attached hydrogen (secondary N) is 2. The number of nitrogens with two attached hydrogens (primary N) is 1. The van der Waals surface area contributed by atoms with Crippen LogP contribution < -0.4 is 21.1 Å². The Kier molecular flexibility index (Phi) is 7.67. The van der Waals surface area contributed by atoms with Gasteiger partial charge >= 0.3 is 197 Å². The molecule has 5 aromatic rings. The van der Waals surface area contributed by atoms with Crippen molar-refractivity contribution < 1.29 is 4.74 Å². The van der Waals surface area contributed by atoms with Crippen molar-refractivity contribution in [2.24, 2.45) is 0 Å². The molecule has 0 bridgehead atoms. The van der Waals surface area contributed by atoms with Gasteiger partial charge in [0.2, 0.25) is 0 Å². The summed E-state index contributed by atoms with van der Waals surface area (Å²) in [6.45, 7) is 0.499. The molecular weight excluding hydrogens is 489 g/mol. The number of ether oxygens (including phenoxy) is 1. The summed E-state index contributed by atoms with van der Waals surface area (Å²) in [6, 6.07) is 23.4. The summed E-state index contributed by atoms with van der Waals surface area (Å²) < 4.78 is 6.02. The Labute approximate surface area is 227 Å². The number of hydrogen-bond donors (Lipinski definition) is 3. The van der Waals surface area contributed by atoms with E-state index < -0.39 is 0 Å². The van der Waals surface area contributed by atoms with E-state index in [1.807, 2.05) is 66.7 Å². The van der Waals surface area contributed by atoms with Crippen molar-refractivity contribution in [1.29, 1.82) is 0 Å². The molecule has 0 aliphatic carbocycles. The molecule has 4 N–H and O–H groups in total. The number of fused-ring (bicyclic) bond motifs is 1. The number of thiophene rings is 1. The Bertz CT molecular complexity index is 1630. The van der Waals surface area contributed by atoms with E-state index in [0.29, 0.717) is 30.1 Å². The minimum absolute atomic E-state index is 0.499. The first-order chi connectivity index (χ1) is 18.6. The fraction of sp³-hybridized carbons (Fsp3) is 0.100. The van der Waals surface area contributed by atoms with Gasteiger partial charge in [0, 0.05) is 5.56 Å². The van der Waals surface area contributed by atoms with Crippen LogP contribution in [0.1, 0.15) is 18.4 Å². The molecule has 185 valence electrons. The molecule has 0 saturated carbocycles. The molecule has 0 unspecified atom stereocenters. The summed E-state index contributed by atoms with van der Waals surface area (Å²) in [6.07, 6.45) is 8.43. The third-order valence-electron chi connectivity index (χ3n) is 5.91. The van der Waals surface area contributed by atoms with Crippen LogP contribution in [-0.2, 0) is 0 Å². The fourth-order valence-corrected chi connectivity index (χ4v) is 4.72. The topological polar surface area (TPSA) is 85.1 Å². The van der Waals surface area contributed by atoms with E-state index in [0.717, 1.165) is 45.6 Å². The van der Waals surface area contributed by atoms with Crippen molar-refractivity contribution in [3.63, 3.8) is 0 Å². The first-order valence-electron chi connectivity index (χ1n) is 12.1. The Morgan fingerprint density at radius 1 is 1.05 bits per heavy atom. The Balaban J connectivity index is 1.18. The zero-order chi connectivity index (χ0) is 26.3. The summed E-state index contributed by atoms with van der Waals surface area (Å²) in [5, 5.41) is 9.49. The van der Waals surface area contributed by atoms with Gasteiger partial charge in [0.05, 0.1) is 0 Å². The Morgan fingerprint density at radius 2 is 1.97 bits per heavy atom. The van der Waals surface area contributed by atoms with Crippen LogP contribution >= 0.6 is 11.3 Å². The summed E-state index contributed by atoms with van der Waals surface area (Å²) in [4.78, 5) is 9.97. The van der Waals surface area contributed by atoms with Crippen LogP contribution in [0.15, 0.2) is 84.5 Å². The van der Waals surface area contributed by atoms with Gasteiger partial charge in [0.15, 0.2) is 0 Å². The molecule has 1 radical (unpaired) electrons. The first kappa shape index (κ1) is 25.1. The number of hydrogen-bond acceptors (Lipinski definition) is 7. The molecule has 0 aliphatic heterocycles. The monoisotopic (exact) mass is 514 g/mol. The van der Waals surface area contributed by atoms with Gasteiger partial charge in [-0.3, -0.25) is 0 Å². The van der Waals surface area contributed by atoms with E-state index in [9.17, 15) is 0 Å². The normalized spacial score (nSPS) is 10.6. The van der Waals surface area contributed by atoms with Crippen LogP contribution in [0.25, 0.3) is 21.3 Å². The van der Waals surface area contributed by atoms with E-state index in [-0.39, 0.29) is 0 Å². The molecule has 0 fully saturated rings. The predicted molar refractivity (Wildman–Crippen MR) is 160 cm³/mol. The molecule has 0 amide bonds. The predicted octanol–water partition coefficient (Wildman–Crippen LogP) is 6.23. The van der Waals surface area contributed by atoms with Crippen molar-refractivity contribution in [3.8, 4) is 28.5 Å². The Morgan fingerprint density at radius 3 is 2.82 bits per heavy atom. The number of rotatable bonds is 10. The molecule has 2 aromatic heterocycles. The zero-order valence-corrected chi connectivity index (χ0v) is 21.5. The molecule has 6 nitrogen and oxygen atoms in total. The molecular formula is C30H25BN5OS. The number of nitrogen functional groups attached to an aromatic ring is 1. The van der Waals surface area contributed by atoms with Crippen LogP contribution in [0.4, 0.5) is 22.9 Å². The van der Waals surface area contributed by atoms with Gasteiger partial charge in [0.1, 0.15) is 0 Å². The maximum absolute atomic E-state index is 6.27. The molecule has 0 spiro atoms. The minimum atomic E-state index is 0.499. The fourth-order valence-electron chi connectivity index (χ4n) is 4.00. The third-order valence-corrected chi connectivity index (χ3v) is 6.83. The van der Waals surface area contributed by atoms with Gasteiger partial charge in [-0.1, -0.05) is 12.0 Å². The van der Waals surface area contributed by atoms with Crippen molar-refractivity contribution >= 4 is 58.2 Å². The molecule has 38 heavy (non-hydrogen) atoms. The second kappa shape index (κ2) is 11.6. The standard InChI is InChI=1S/C30H25BN5OS/c1-2-20-6-3-7-22(16-20)35-30-24-18-23(11-13-26(24)33-19-34-30)37-14-4-9-29(31)36-27-17-21(10-12-25(27)32)28-8-5-15-38-28/h1,3,5-8,10-13,15-19,36H,4,9,14,32H2,(H,33,34,35). The average molecular weight is 514 g/mol. The van der Waals surface area contributed by atoms with E-state index in [4.69, 9.17) is 24.4 Å². The van der Waals surface area contributed by atoms with E-state index >= 15 is 0 Å². The third kappa shape index (κ3) is 6.02. The van der Waals surface area contributed by atoms with Crippen molar-refractivity contribution in [1.82, 2.24) is 9.97 Å². The number of aromatic nitrogens is 2. The number of terminal acetylenes is 1. The van der Waals surface area contributed by atoms with Crippen molar-refractivity contribution in [3.05, 3.63) is 90.1 Å². The van der Waals surface area contributed by atoms with Crippen LogP contribution in [0.5, 0.6) is 5.75 Å². The first-order valence-corrected chi connectivity index (χ1v) is 13.0. The molecule has 8 heteroatoms. The second-order valence-corrected chi connectivity index (χ2v) is 9.58. The van der Waals surface area contributed by atoms with Crippen molar-refractivity contribution in [2.45, 2.75) is 12.8 Å². The van der Waals surface area contributed by atoms with Crippen LogP contribution in [0.2, 0.25) is 0 Å². The molecule has 0 atom stereocenters. The SMILES string of the molecule is [B]=C(CCCOc1ccc2ncnc(Nc3cccc(C#C)c3)c2c1)Nc1cc(-c2cccs2)ccc1N. The molecule has 2 heterocycles. The Hall–Kier alpha value is -4.61. The van der Waals surface area contributed by atoms with E-state index in [1.54, 1.807) is 11.3 Å². The van der Waals surface area contributed by atoms with E-state index in [2.05, 4.69) is 38.0 Å². The number of benzene rings is 3. The zero-order valence-electron chi connectivity index (χ0n) is 20.6. The van der Waals surface area contributed by atoms with Crippen LogP contribution in [-0.4, -0.2) is 29.6 Å². The van der Waals surface area contributed by atoms with Gasteiger partial charge < -0.3 is 0 Å². The number of anilines is 4. The molecule has 0 aliphatic rings. The molecule has 0 saturated heterocycles. The van der Waals surface area contributed by atoms with Gasteiger partial charge in [-0.15, -0.1) is 6.42 Å². The summed E-state index contributed by atoms with van der Waals surface area (Å²) in [7, 11) is 6.27. The molecule has 3 aromatic carbocycles. The molecule has 5 rings (SSSR count). The summed E-state index contributed by atoms with van der Waals surface area (Å²) >= 11 is 1.69. The van der Waals surface area contributed by atoms with Gasteiger partial charge in [-0.25, -0.2) is 0 Å².